The molecule has 3 nitrogen and oxygen atoms in total. The fourth-order valence-corrected chi connectivity index (χ4v) is 2.11. The maximum absolute atomic E-state index is 13.1. The summed E-state index contributed by atoms with van der Waals surface area (Å²) in [4.78, 5) is 0. The molecule has 1 rings (SSSR count). The Morgan fingerprint density at radius 2 is 2.22 bits per heavy atom. The molecule has 0 aliphatic carbocycles. The van der Waals surface area contributed by atoms with Crippen LogP contribution in [0.5, 0.6) is 0 Å². The van der Waals surface area contributed by atoms with Gasteiger partial charge in [-0.05, 0) is 40.5 Å². The zero-order valence-electron chi connectivity index (χ0n) is 10.7. The molecule has 1 aromatic carbocycles. The van der Waals surface area contributed by atoms with Crippen molar-refractivity contribution in [2.45, 2.75) is 18.9 Å². The van der Waals surface area contributed by atoms with Crippen molar-refractivity contribution < 1.29 is 14.2 Å². The van der Waals surface area contributed by atoms with E-state index in [9.17, 15) is 9.50 Å². The van der Waals surface area contributed by atoms with Crippen molar-refractivity contribution in [3.05, 3.63) is 34.1 Å². The predicted octanol–water partition coefficient (Wildman–Crippen LogP) is 2.12. The first kappa shape index (κ1) is 15.6. The molecule has 0 aliphatic heterocycles. The number of benzene rings is 1. The lowest BCUT2D eigenvalue weighted by Crippen LogP contribution is -2.40. The van der Waals surface area contributed by atoms with E-state index in [1.165, 1.54) is 6.07 Å². The van der Waals surface area contributed by atoms with Crippen molar-refractivity contribution >= 4 is 15.9 Å². The van der Waals surface area contributed by atoms with E-state index in [4.69, 9.17) is 4.74 Å². The quantitative estimate of drug-likeness (QED) is 0.756. The van der Waals surface area contributed by atoms with Crippen molar-refractivity contribution in [2.75, 3.05) is 26.8 Å². The Balaban J connectivity index is 2.50. The highest BCUT2D eigenvalue weighted by molar-refractivity contribution is 9.10. The minimum atomic E-state index is -0.870. The summed E-state index contributed by atoms with van der Waals surface area (Å²) < 4.78 is 18.4. The van der Waals surface area contributed by atoms with Gasteiger partial charge in [0.1, 0.15) is 5.82 Å². The number of hydrogen-bond donors (Lipinski definition) is 2. The molecule has 1 aromatic rings. The van der Waals surface area contributed by atoms with Crippen LogP contribution < -0.4 is 5.32 Å². The lowest BCUT2D eigenvalue weighted by atomic mass is 9.96. The van der Waals surface area contributed by atoms with E-state index in [2.05, 4.69) is 21.2 Å². The molecule has 0 radical (unpaired) electrons. The fraction of sp³-hybridized carbons (Fsp3) is 0.538. The van der Waals surface area contributed by atoms with Crippen LogP contribution in [0.25, 0.3) is 0 Å². The van der Waals surface area contributed by atoms with E-state index in [-0.39, 0.29) is 5.82 Å². The first-order valence-corrected chi connectivity index (χ1v) is 6.60. The normalized spacial score (nSPS) is 14.5. The molecule has 0 heterocycles. The fourth-order valence-electron chi connectivity index (χ4n) is 1.68. The summed E-state index contributed by atoms with van der Waals surface area (Å²) >= 11 is 3.14. The molecular weight excluding hydrogens is 301 g/mol. The predicted molar refractivity (Wildman–Crippen MR) is 73.2 cm³/mol. The van der Waals surface area contributed by atoms with Crippen molar-refractivity contribution in [1.29, 1.82) is 0 Å². The summed E-state index contributed by atoms with van der Waals surface area (Å²) in [6.45, 7) is 3.52. The largest absolute Gasteiger partial charge is 0.389 e. The third kappa shape index (κ3) is 5.44. The second-order valence-electron chi connectivity index (χ2n) is 4.59. The Morgan fingerprint density at radius 1 is 1.50 bits per heavy atom. The van der Waals surface area contributed by atoms with Gasteiger partial charge in [-0.2, -0.15) is 0 Å². The highest BCUT2D eigenvalue weighted by Gasteiger charge is 2.20. The van der Waals surface area contributed by atoms with Crippen LogP contribution in [0.4, 0.5) is 4.39 Å². The van der Waals surface area contributed by atoms with Crippen LogP contribution in [0, 0.1) is 5.82 Å². The number of nitrogens with one attached hydrogen (secondary N) is 1. The van der Waals surface area contributed by atoms with Crippen molar-refractivity contribution in [3.8, 4) is 0 Å². The SMILES string of the molecule is COCCNCC(C)(O)Cc1ccc(F)c(Br)c1. The molecule has 0 aromatic heterocycles. The summed E-state index contributed by atoms with van der Waals surface area (Å²) in [5.74, 6) is -0.295. The minimum Gasteiger partial charge on any atom is -0.389 e. The van der Waals surface area contributed by atoms with Gasteiger partial charge >= 0.3 is 0 Å². The number of aliphatic hydroxyl groups is 1. The lowest BCUT2D eigenvalue weighted by molar-refractivity contribution is 0.0581. The van der Waals surface area contributed by atoms with Crippen LogP contribution in [0.1, 0.15) is 12.5 Å². The van der Waals surface area contributed by atoms with Gasteiger partial charge in [0.25, 0.3) is 0 Å². The van der Waals surface area contributed by atoms with Crippen molar-refractivity contribution in [1.82, 2.24) is 5.32 Å². The van der Waals surface area contributed by atoms with Crippen LogP contribution in [0.15, 0.2) is 22.7 Å². The molecule has 1 atom stereocenters. The molecule has 0 amide bonds. The molecule has 5 heteroatoms. The smallest absolute Gasteiger partial charge is 0.137 e. The molecule has 18 heavy (non-hydrogen) atoms. The van der Waals surface area contributed by atoms with Crippen LogP contribution >= 0.6 is 15.9 Å². The van der Waals surface area contributed by atoms with Gasteiger partial charge in [-0.25, -0.2) is 4.39 Å². The molecule has 0 aliphatic rings. The molecule has 0 fully saturated rings. The topological polar surface area (TPSA) is 41.5 Å². The van der Waals surface area contributed by atoms with Gasteiger partial charge in [0.2, 0.25) is 0 Å². The van der Waals surface area contributed by atoms with Gasteiger partial charge in [-0.3, -0.25) is 0 Å². The Hall–Kier alpha value is -0.490. The Kier molecular flexibility index (Phi) is 6.21. The molecule has 0 bridgehead atoms. The van der Waals surface area contributed by atoms with E-state index in [1.54, 1.807) is 26.2 Å². The molecule has 0 spiro atoms. The van der Waals surface area contributed by atoms with Crippen LogP contribution in [-0.2, 0) is 11.2 Å². The molecule has 0 saturated carbocycles. The Bertz CT molecular complexity index is 385. The van der Waals surface area contributed by atoms with Crippen molar-refractivity contribution in [3.63, 3.8) is 0 Å². The summed E-state index contributed by atoms with van der Waals surface area (Å²) in [7, 11) is 1.63. The average Bonchev–Trinajstić information content (AvgIpc) is 2.29. The highest BCUT2D eigenvalue weighted by atomic mass is 79.9. The van der Waals surface area contributed by atoms with E-state index in [1.807, 2.05) is 0 Å². The molecule has 2 N–H and O–H groups in total. The van der Waals surface area contributed by atoms with Gasteiger partial charge in [-0.15, -0.1) is 0 Å². The zero-order valence-corrected chi connectivity index (χ0v) is 12.3. The maximum Gasteiger partial charge on any atom is 0.137 e. The van der Waals surface area contributed by atoms with Crippen LogP contribution in [0.3, 0.4) is 0 Å². The average molecular weight is 320 g/mol. The van der Waals surface area contributed by atoms with Gasteiger partial charge in [-0.1, -0.05) is 6.07 Å². The summed E-state index contributed by atoms with van der Waals surface area (Å²) in [5, 5.41) is 13.3. The van der Waals surface area contributed by atoms with E-state index >= 15 is 0 Å². The summed E-state index contributed by atoms with van der Waals surface area (Å²) in [6.07, 6.45) is 0.464. The zero-order chi connectivity index (χ0) is 13.6. The van der Waals surface area contributed by atoms with E-state index in [0.717, 1.165) is 5.56 Å². The second-order valence-corrected chi connectivity index (χ2v) is 5.45. The second kappa shape index (κ2) is 7.19. The number of halogens is 2. The van der Waals surface area contributed by atoms with Crippen LogP contribution in [0.2, 0.25) is 0 Å². The van der Waals surface area contributed by atoms with Crippen LogP contribution in [-0.4, -0.2) is 37.5 Å². The lowest BCUT2D eigenvalue weighted by Gasteiger charge is -2.24. The molecule has 1 unspecified atom stereocenters. The number of rotatable bonds is 7. The number of methoxy groups -OCH3 is 1. The van der Waals surface area contributed by atoms with Gasteiger partial charge in [0.15, 0.2) is 0 Å². The summed E-state index contributed by atoms with van der Waals surface area (Å²) in [6, 6.07) is 4.77. The maximum atomic E-state index is 13.1. The van der Waals surface area contributed by atoms with Gasteiger partial charge in [0.05, 0.1) is 16.7 Å². The Morgan fingerprint density at radius 3 is 2.83 bits per heavy atom. The van der Waals surface area contributed by atoms with Crippen molar-refractivity contribution in [2.24, 2.45) is 0 Å². The first-order chi connectivity index (χ1) is 8.44. The third-order valence-corrected chi connectivity index (χ3v) is 3.17. The first-order valence-electron chi connectivity index (χ1n) is 5.80. The summed E-state index contributed by atoms with van der Waals surface area (Å²) in [5.41, 5.74) is 0.0205. The highest BCUT2D eigenvalue weighted by Crippen LogP contribution is 2.20. The number of ether oxygens (including phenoxy) is 1. The van der Waals surface area contributed by atoms with E-state index < -0.39 is 5.60 Å². The molecule has 102 valence electrons. The molecule has 0 saturated heterocycles. The standard InChI is InChI=1S/C13H19BrFNO2/c1-13(17,9-16-5-6-18-2)8-10-3-4-12(15)11(14)7-10/h3-4,7,16-17H,5-6,8-9H2,1-2H3. The number of hydrogen-bond acceptors (Lipinski definition) is 3. The molecular formula is C13H19BrFNO2. The van der Waals surface area contributed by atoms with E-state index in [0.29, 0.717) is 30.6 Å². The minimum absolute atomic E-state index is 0.295. The van der Waals surface area contributed by atoms with Gasteiger partial charge in [0, 0.05) is 26.6 Å². The monoisotopic (exact) mass is 319 g/mol. The third-order valence-electron chi connectivity index (χ3n) is 2.56. The Labute approximate surface area is 115 Å². The van der Waals surface area contributed by atoms with Gasteiger partial charge < -0.3 is 15.2 Å².